The Hall–Kier alpha value is -1.70. The van der Waals surface area contributed by atoms with Crippen molar-refractivity contribution in [2.45, 2.75) is 30.7 Å². The highest BCUT2D eigenvalue weighted by Crippen LogP contribution is 2.22. The second-order valence-electron chi connectivity index (χ2n) is 5.15. The fourth-order valence-corrected chi connectivity index (χ4v) is 3.31. The van der Waals surface area contributed by atoms with Crippen LogP contribution in [0.1, 0.15) is 25.7 Å². The molecular weight excluding hydrogens is 288 g/mol. The molecule has 0 spiro atoms. The summed E-state index contributed by atoms with van der Waals surface area (Å²) in [6.07, 6.45) is 6.16. The molecule has 2 aromatic rings. The van der Waals surface area contributed by atoms with Crippen molar-refractivity contribution in [3.8, 4) is 0 Å². The van der Waals surface area contributed by atoms with Crippen LogP contribution in [0, 0.1) is 0 Å². The van der Waals surface area contributed by atoms with E-state index in [-0.39, 0.29) is 5.91 Å². The van der Waals surface area contributed by atoms with Crippen LogP contribution in [0.25, 0.3) is 11.2 Å². The normalized spacial score (nSPS) is 16.1. The highest BCUT2D eigenvalue weighted by molar-refractivity contribution is 8.00. The maximum atomic E-state index is 12.3. The van der Waals surface area contributed by atoms with Crippen LogP contribution in [0.15, 0.2) is 11.4 Å². The molecule has 0 bridgehead atoms. The minimum atomic E-state index is 0.178. The number of likely N-dealkylation sites (tertiary alicyclic amines) is 1. The van der Waals surface area contributed by atoms with E-state index in [4.69, 9.17) is 0 Å². The van der Waals surface area contributed by atoms with Crippen molar-refractivity contribution in [3.63, 3.8) is 0 Å². The zero-order valence-corrected chi connectivity index (χ0v) is 12.8. The van der Waals surface area contributed by atoms with Gasteiger partial charge in [-0.15, -0.1) is 5.10 Å². The largest absolute Gasteiger partial charge is 0.342 e. The highest BCUT2D eigenvalue weighted by Gasteiger charge is 2.17. The molecule has 1 aliphatic heterocycles. The number of rotatable bonds is 3. The number of hydrogen-bond donors (Lipinski definition) is 0. The van der Waals surface area contributed by atoms with Crippen molar-refractivity contribution in [1.29, 1.82) is 0 Å². The van der Waals surface area contributed by atoms with Crippen molar-refractivity contribution in [2.75, 3.05) is 18.8 Å². The zero-order chi connectivity index (χ0) is 14.7. The summed E-state index contributed by atoms with van der Waals surface area (Å²) in [4.78, 5) is 22.6. The van der Waals surface area contributed by atoms with Crippen LogP contribution in [0.5, 0.6) is 0 Å². The summed E-state index contributed by atoms with van der Waals surface area (Å²) >= 11 is 1.41. The van der Waals surface area contributed by atoms with Gasteiger partial charge in [0.15, 0.2) is 11.2 Å². The molecule has 21 heavy (non-hydrogen) atoms. The number of carbonyl (C=O) groups excluding carboxylic acids is 1. The number of nitrogens with zero attached hydrogens (tertiary/aromatic N) is 6. The van der Waals surface area contributed by atoms with Gasteiger partial charge in [0, 0.05) is 20.1 Å². The Morgan fingerprint density at radius 2 is 2.00 bits per heavy atom. The first-order valence-electron chi connectivity index (χ1n) is 7.16. The molecule has 7 nitrogen and oxygen atoms in total. The summed E-state index contributed by atoms with van der Waals surface area (Å²) in [5.41, 5.74) is 1.35. The summed E-state index contributed by atoms with van der Waals surface area (Å²) in [5.74, 6) is 0.570. The lowest BCUT2D eigenvalue weighted by Crippen LogP contribution is -2.33. The van der Waals surface area contributed by atoms with Crippen molar-refractivity contribution in [2.24, 2.45) is 7.05 Å². The van der Waals surface area contributed by atoms with Crippen LogP contribution < -0.4 is 0 Å². The maximum absolute atomic E-state index is 12.3. The van der Waals surface area contributed by atoms with Gasteiger partial charge in [0.1, 0.15) is 11.4 Å². The van der Waals surface area contributed by atoms with Gasteiger partial charge in [0.2, 0.25) is 5.91 Å². The zero-order valence-electron chi connectivity index (χ0n) is 12.0. The van der Waals surface area contributed by atoms with Crippen LogP contribution in [0.3, 0.4) is 0 Å². The molecule has 3 heterocycles. The first-order chi connectivity index (χ1) is 10.3. The molecule has 0 aromatic carbocycles. The lowest BCUT2D eigenvalue weighted by atomic mass is 10.2. The molecule has 1 saturated heterocycles. The maximum Gasteiger partial charge on any atom is 0.232 e. The molecule has 0 atom stereocenters. The Morgan fingerprint density at radius 1 is 1.24 bits per heavy atom. The average molecular weight is 306 g/mol. The third-order valence-corrected chi connectivity index (χ3v) is 4.61. The van der Waals surface area contributed by atoms with Crippen molar-refractivity contribution < 1.29 is 4.79 Å². The topological polar surface area (TPSA) is 76.8 Å². The Labute approximate surface area is 127 Å². The summed E-state index contributed by atoms with van der Waals surface area (Å²) in [6, 6.07) is 0. The molecule has 2 aromatic heterocycles. The summed E-state index contributed by atoms with van der Waals surface area (Å²) < 4.78 is 1.61. The van der Waals surface area contributed by atoms with E-state index in [1.807, 2.05) is 4.90 Å². The number of amides is 1. The van der Waals surface area contributed by atoms with Gasteiger partial charge < -0.3 is 4.90 Å². The fraction of sp³-hybridized carbons (Fsp3) is 0.615. The van der Waals surface area contributed by atoms with E-state index in [2.05, 4.69) is 20.3 Å². The van der Waals surface area contributed by atoms with Gasteiger partial charge in [-0.25, -0.2) is 14.6 Å². The van der Waals surface area contributed by atoms with Gasteiger partial charge in [-0.3, -0.25) is 4.79 Å². The molecule has 3 rings (SSSR count). The van der Waals surface area contributed by atoms with E-state index < -0.39 is 0 Å². The minimum absolute atomic E-state index is 0.178. The molecule has 0 radical (unpaired) electrons. The fourth-order valence-electron chi connectivity index (χ4n) is 2.48. The molecule has 0 aliphatic carbocycles. The van der Waals surface area contributed by atoms with E-state index in [1.165, 1.54) is 30.9 Å². The molecule has 1 fully saturated rings. The molecular formula is C13H18N6OS. The molecule has 8 heteroatoms. The first-order valence-corrected chi connectivity index (χ1v) is 8.15. The number of aryl methyl sites for hydroxylation is 1. The summed E-state index contributed by atoms with van der Waals surface area (Å²) in [6.45, 7) is 1.76. The van der Waals surface area contributed by atoms with Gasteiger partial charge in [0.25, 0.3) is 0 Å². The number of fused-ring (bicyclic) bond motifs is 1. The Bertz CT molecular complexity index is 635. The number of hydrogen-bond acceptors (Lipinski definition) is 6. The molecule has 0 N–H and O–H groups in total. The van der Waals surface area contributed by atoms with Crippen LogP contribution >= 0.6 is 11.8 Å². The van der Waals surface area contributed by atoms with E-state index in [0.29, 0.717) is 16.9 Å². The highest BCUT2D eigenvalue weighted by atomic mass is 32.2. The molecule has 0 saturated carbocycles. The number of aromatic nitrogens is 5. The predicted molar refractivity (Wildman–Crippen MR) is 79.9 cm³/mol. The van der Waals surface area contributed by atoms with Gasteiger partial charge in [-0.2, -0.15) is 0 Å². The van der Waals surface area contributed by atoms with Gasteiger partial charge >= 0.3 is 0 Å². The van der Waals surface area contributed by atoms with E-state index >= 15 is 0 Å². The van der Waals surface area contributed by atoms with Crippen LogP contribution in [-0.4, -0.2) is 54.6 Å². The van der Waals surface area contributed by atoms with Crippen LogP contribution in [-0.2, 0) is 11.8 Å². The second kappa shape index (κ2) is 6.38. The number of thioether (sulfide) groups is 1. The Balaban J connectivity index is 1.67. The lowest BCUT2D eigenvalue weighted by molar-refractivity contribution is -0.128. The summed E-state index contributed by atoms with van der Waals surface area (Å²) in [7, 11) is 1.79. The molecule has 112 valence electrons. The van der Waals surface area contributed by atoms with Gasteiger partial charge in [0.05, 0.1) is 5.75 Å². The first kappa shape index (κ1) is 14.2. The lowest BCUT2D eigenvalue weighted by Gasteiger charge is -2.19. The minimum Gasteiger partial charge on any atom is -0.342 e. The van der Waals surface area contributed by atoms with Gasteiger partial charge in [-0.1, -0.05) is 29.8 Å². The number of carbonyl (C=O) groups is 1. The average Bonchev–Trinajstić information content (AvgIpc) is 2.73. The third kappa shape index (κ3) is 3.15. The predicted octanol–water partition coefficient (Wildman–Crippen LogP) is 1.25. The quantitative estimate of drug-likeness (QED) is 0.627. The Kier molecular flexibility index (Phi) is 4.33. The van der Waals surface area contributed by atoms with E-state index in [0.717, 1.165) is 31.0 Å². The van der Waals surface area contributed by atoms with Crippen molar-refractivity contribution in [1.82, 2.24) is 29.9 Å². The molecule has 1 aliphatic rings. The molecule has 1 amide bonds. The van der Waals surface area contributed by atoms with Crippen molar-refractivity contribution >= 4 is 28.8 Å². The third-order valence-electron chi connectivity index (χ3n) is 3.65. The Morgan fingerprint density at radius 3 is 2.76 bits per heavy atom. The second-order valence-corrected chi connectivity index (χ2v) is 6.11. The molecule has 0 unspecified atom stereocenters. The van der Waals surface area contributed by atoms with Crippen molar-refractivity contribution in [3.05, 3.63) is 6.33 Å². The summed E-state index contributed by atoms with van der Waals surface area (Å²) in [5, 5.41) is 8.73. The SMILES string of the molecule is Cn1nnc2c(SCC(=O)N3CCCCCC3)ncnc21. The smallest absolute Gasteiger partial charge is 0.232 e. The van der Waals surface area contributed by atoms with Crippen LogP contribution in [0.4, 0.5) is 0 Å². The van der Waals surface area contributed by atoms with Crippen LogP contribution in [0.2, 0.25) is 0 Å². The van der Waals surface area contributed by atoms with E-state index in [1.54, 1.807) is 11.7 Å². The van der Waals surface area contributed by atoms with E-state index in [9.17, 15) is 4.79 Å². The monoisotopic (exact) mass is 306 g/mol. The van der Waals surface area contributed by atoms with Gasteiger partial charge in [-0.05, 0) is 12.8 Å². The standard InChI is InChI=1S/C13H18N6OS/c1-18-12-11(16-17-18)13(15-9-14-12)21-8-10(20)19-6-4-2-3-5-7-19/h9H,2-8H2,1H3.